The highest BCUT2D eigenvalue weighted by atomic mass is 16.4. The largest absolute Gasteiger partial charge is 0.478 e. The van der Waals surface area contributed by atoms with Gasteiger partial charge in [-0.2, -0.15) is 0 Å². The molecule has 0 fully saturated rings. The van der Waals surface area contributed by atoms with E-state index in [0.29, 0.717) is 11.3 Å². The first-order chi connectivity index (χ1) is 9.97. The highest BCUT2D eigenvalue weighted by Gasteiger charge is 2.10. The smallest absolute Gasteiger partial charge is 0.336 e. The summed E-state index contributed by atoms with van der Waals surface area (Å²) in [5.74, 6) is -0.962. The van der Waals surface area contributed by atoms with Gasteiger partial charge in [0, 0.05) is 25.5 Å². The van der Waals surface area contributed by atoms with Crippen molar-refractivity contribution in [1.82, 2.24) is 0 Å². The van der Waals surface area contributed by atoms with Gasteiger partial charge >= 0.3 is 5.97 Å². The Bertz CT molecular complexity index is 656. The van der Waals surface area contributed by atoms with Gasteiger partial charge in [-0.15, -0.1) is 0 Å². The summed E-state index contributed by atoms with van der Waals surface area (Å²) in [5, 5.41) is 9.39. The Morgan fingerprint density at radius 1 is 1.05 bits per heavy atom. The van der Waals surface area contributed by atoms with Crippen molar-refractivity contribution in [2.75, 3.05) is 24.7 Å². The number of hydrogen-bond acceptors (Lipinski definition) is 3. The third-order valence-electron chi connectivity index (χ3n) is 3.17. The molecule has 0 unspecified atom stereocenters. The number of nitrogens with zero attached hydrogens (tertiary/aromatic N) is 1. The molecule has 2 aromatic rings. The van der Waals surface area contributed by atoms with Crippen LogP contribution in [-0.2, 0) is 4.79 Å². The van der Waals surface area contributed by atoms with Crippen LogP contribution in [0.2, 0.25) is 0 Å². The van der Waals surface area contributed by atoms with Crippen LogP contribution in [0.25, 0.3) is 11.6 Å². The Morgan fingerprint density at radius 2 is 1.62 bits per heavy atom. The number of benzene rings is 2. The molecule has 4 nitrogen and oxygen atoms in total. The van der Waals surface area contributed by atoms with Crippen LogP contribution in [0.3, 0.4) is 0 Å². The van der Waals surface area contributed by atoms with Crippen molar-refractivity contribution in [3.8, 4) is 0 Å². The Morgan fingerprint density at radius 3 is 2.10 bits per heavy atom. The van der Waals surface area contributed by atoms with E-state index in [2.05, 4.69) is 0 Å². The molecule has 0 aliphatic rings. The molecule has 0 heterocycles. The van der Waals surface area contributed by atoms with Gasteiger partial charge in [-0.25, -0.2) is 4.79 Å². The molecule has 0 spiro atoms. The number of nitrogen functional groups attached to an aromatic ring is 1. The quantitative estimate of drug-likeness (QED) is 0.514. The molecule has 0 amide bonds. The number of aliphatic carboxylic acids is 1. The first kappa shape index (κ1) is 14.7. The van der Waals surface area contributed by atoms with E-state index < -0.39 is 5.97 Å². The number of carboxylic acids is 1. The standard InChI is InChI=1S/C17H18N2O2/c1-19(2)15-9-3-12(4-10-15)11-16(17(20)21)13-5-7-14(18)8-6-13/h3-11H,18H2,1-2H3,(H,20,21)/b16-11-. The topological polar surface area (TPSA) is 66.6 Å². The van der Waals surface area contributed by atoms with Gasteiger partial charge in [-0.05, 0) is 41.5 Å². The number of nitrogens with two attached hydrogens (primary N) is 1. The first-order valence-corrected chi connectivity index (χ1v) is 6.55. The van der Waals surface area contributed by atoms with Gasteiger partial charge < -0.3 is 15.7 Å². The van der Waals surface area contributed by atoms with Crippen molar-refractivity contribution in [3.05, 3.63) is 59.7 Å². The molecule has 3 N–H and O–H groups in total. The monoisotopic (exact) mass is 282 g/mol. The lowest BCUT2D eigenvalue weighted by Crippen LogP contribution is -2.08. The predicted molar refractivity (Wildman–Crippen MR) is 87.1 cm³/mol. The van der Waals surface area contributed by atoms with Crippen LogP contribution in [0.4, 0.5) is 11.4 Å². The maximum Gasteiger partial charge on any atom is 0.336 e. The SMILES string of the molecule is CN(C)c1ccc(/C=C(\C(=O)O)c2ccc(N)cc2)cc1. The third kappa shape index (κ3) is 3.63. The molecular weight excluding hydrogens is 264 g/mol. The highest BCUT2D eigenvalue weighted by Crippen LogP contribution is 2.21. The molecule has 108 valence electrons. The summed E-state index contributed by atoms with van der Waals surface area (Å²) in [6, 6.07) is 14.5. The second kappa shape index (κ2) is 6.13. The molecule has 0 aromatic heterocycles. The van der Waals surface area contributed by atoms with E-state index in [1.165, 1.54) is 0 Å². The van der Waals surface area contributed by atoms with Gasteiger partial charge in [-0.3, -0.25) is 0 Å². The average molecular weight is 282 g/mol. The zero-order valence-electron chi connectivity index (χ0n) is 12.1. The van der Waals surface area contributed by atoms with Gasteiger partial charge in [0.05, 0.1) is 5.57 Å². The average Bonchev–Trinajstić information content (AvgIpc) is 2.46. The van der Waals surface area contributed by atoms with E-state index in [9.17, 15) is 9.90 Å². The Balaban J connectivity index is 2.37. The van der Waals surface area contributed by atoms with E-state index in [4.69, 9.17) is 5.73 Å². The molecule has 0 saturated carbocycles. The molecule has 4 heteroatoms. The highest BCUT2D eigenvalue weighted by molar-refractivity contribution is 6.20. The van der Waals surface area contributed by atoms with E-state index in [0.717, 1.165) is 11.3 Å². The Kier molecular flexibility index (Phi) is 4.28. The lowest BCUT2D eigenvalue weighted by molar-refractivity contribution is -0.130. The minimum Gasteiger partial charge on any atom is -0.478 e. The third-order valence-corrected chi connectivity index (χ3v) is 3.17. The van der Waals surface area contributed by atoms with Crippen LogP contribution in [-0.4, -0.2) is 25.2 Å². The zero-order chi connectivity index (χ0) is 15.4. The fourth-order valence-electron chi connectivity index (χ4n) is 1.97. The lowest BCUT2D eigenvalue weighted by atomic mass is 10.0. The van der Waals surface area contributed by atoms with Crippen molar-refractivity contribution in [2.24, 2.45) is 0 Å². The summed E-state index contributed by atoms with van der Waals surface area (Å²) in [6.45, 7) is 0. The summed E-state index contributed by atoms with van der Waals surface area (Å²) < 4.78 is 0. The second-order valence-corrected chi connectivity index (χ2v) is 4.97. The van der Waals surface area contributed by atoms with Crippen molar-refractivity contribution in [2.45, 2.75) is 0 Å². The molecule has 2 rings (SSSR count). The number of hydrogen-bond donors (Lipinski definition) is 2. The Hall–Kier alpha value is -2.75. The van der Waals surface area contributed by atoms with Crippen molar-refractivity contribution in [1.29, 1.82) is 0 Å². The van der Waals surface area contributed by atoms with Gasteiger partial charge in [0.2, 0.25) is 0 Å². The van der Waals surface area contributed by atoms with E-state index in [1.807, 2.05) is 43.3 Å². The van der Waals surface area contributed by atoms with E-state index >= 15 is 0 Å². The fraction of sp³-hybridized carbons (Fsp3) is 0.118. The van der Waals surface area contributed by atoms with Crippen LogP contribution in [0.1, 0.15) is 11.1 Å². The fourth-order valence-corrected chi connectivity index (χ4v) is 1.97. The van der Waals surface area contributed by atoms with Gasteiger partial charge in [-0.1, -0.05) is 24.3 Å². The van der Waals surface area contributed by atoms with E-state index in [-0.39, 0.29) is 5.57 Å². The molecule has 21 heavy (non-hydrogen) atoms. The summed E-state index contributed by atoms with van der Waals surface area (Å²) in [6.07, 6.45) is 1.66. The van der Waals surface area contributed by atoms with Gasteiger partial charge in [0.25, 0.3) is 0 Å². The van der Waals surface area contributed by atoms with Crippen molar-refractivity contribution < 1.29 is 9.90 Å². The zero-order valence-corrected chi connectivity index (χ0v) is 12.1. The molecule has 2 aromatic carbocycles. The van der Waals surface area contributed by atoms with Crippen LogP contribution >= 0.6 is 0 Å². The van der Waals surface area contributed by atoms with Gasteiger partial charge in [0.15, 0.2) is 0 Å². The minimum absolute atomic E-state index is 0.243. The number of carboxylic acid groups (broad SMARTS) is 1. The predicted octanol–water partition coefficient (Wildman–Crippen LogP) is 2.96. The van der Waals surface area contributed by atoms with E-state index in [1.54, 1.807) is 30.3 Å². The molecular formula is C17H18N2O2. The second-order valence-electron chi connectivity index (χ2n) is 4.97. The van der Waals surface area contributed by atoms with Crippen LogP contribution in [0, 0.1) is 0 Å². The van der Waals surface area contributed by atoms with Crippen molar-refractivity contribution >= 4 is 29.0 Å². The van der Waals surface area contributed by atoms with Gasteiger partial charge in [0.1, 0.15) is 0 Å². The number of rotatable bonds is 4. The van der Waals surface area contributed by atoms with Crippen molar-refractivity contribution in [3.63, 3.8) is 0 Å². The maximum absolute atomic E-state index is 11.5. The lowest BCUT2D eigenvalue weighted by Gasteiger charge is -2.12. The molecule has 0 saturated heterocycles. The summed E-state index contributed by atoms with van der Waals surface area (Å²) in [7, 11) is 3.92. The molecule has 0 atom stereocenters. The summed E-state index contributed by atoms with van der Waals surface area (Å²) >= 11 is 0. The van der Waals surface area contributed by atoms with Crippen LogP contribution in [0.15, 0.2) is 48.5 Å². The normalized spacial score (nSPS) is 11.2. The minimum atomic E-state index is -0.962. The first-order valence-electron chi connectivity index (χ1n) is 6.55. The number of anilines is 2. The molecule has 0 aliphatic heterocycles. The van der Waals surface area contributed by atoms with Crippen LogP contribution < -0.4 is 10.6 Å². The van der Waals surface area contributed by atoms with Crippen LogP contribution in [0.5, 0.6) is 0 Å². The molecule has 0 radical (unpaired) electrons. The summed E-state index contributed by atoms with van der Waals surface area (Å²) in [5.41, 5.74) is 9.02. The number of carbonyl (C=O) groups is 1. The molecule has 0 aliphatic carbocycles. The maximum atomic E-state index is 11.5. The Labute approximate surface area is 124 Å². The summed E-state index contributed by atoms with van der Waals surface area (Å²) in [4.78, 5) is 13.4. The molecule has 0 bridgehead atoms.